The highest BCUT2D eigenvalue weighted by molar-refractivity contribution is 7.80. The molecule has 0 radical (unpaired) electrons. The van der Waals surface area contributed by atoms with Gasteiger partial charge in [0.2, 0.25) is 0 Å². The fraction of sp³-hybridized carbons (Fsp3) is 0. The summed E-state index contributed by atoms with van der Waals surface area (Å²) in [7, 11) is 0. The molecule has 15 heavy (non-hydrogen) atoms. The average Bonchev–Trinajstić information content (AvgIpc) is 1.93. The van der Waals surface area contributed by atoms with Crippen LogP contribution in [-0.4, -0.2) is 0 Å². The van der Waals surface area contributed by atoms with E-state index in [1.807, 2.05) is 0 Å². The zero-order valence-corrected chi connectivity index (χ0v) is 8.49. The molecule has 0 bridgehead atoms. The number of rotatable bonds is 0. The smallest absolute Gasteiger partial charge is 0.175 e. The fourth-order valence-corrected chi connectivity index (χ4v) is 0.698. The molecule has 0 N–H and O–H groups in total. The molecule has 0 fully saturated rings. The molecule has 94 valence electrons. The molecule has 0 aliphatic rings. The zero-order chi connectivity index (χ0) is 7.72. The first-order valence-electron chi connectivity index (χ1n) is 2.45. The molecule has 0 saturated carbocycles. The molecule has 1 aromatic carbocycles. The SMILES string of the molecule is Cl.F.F.F.F.Fc1ccc(F)c(S)c1F. The van der Waals surface area contributed by atoms with Crippen LogP contribution in [0, 0.1) is 17.5 Å². The Morgan fingerprint density at radius 2 is 1.13 bits per heavy atom. The second-order valence-corrected chi connectivity index (χ2v) is 2.14. The van der Waals surface area contributed by atoms with Gasteiger partial charge >= 0.3 is 0 Å². The van der Waals surface area contributed by atoms with E-state index in [0.29, 0.717) is 6.07 Å². The molecule has 1 rings (SSSR count). The first kappa shape index (κ1) is 29.3. The second kappa shape index (κ2) is 11.4. The van der Waals surface area contributed by atoms with Crippen molar-refractivity contribution >= 4 is 25.0 Å². The average molecular weight is 281 g/mol. The highest BCUT2D eigenvalue weighted by Gasteiger charge is 2.08. The molecule has 0 saturated heterocycles. The normalized spacial score (nSPS) is 6.67. The van der Waals surface area contributed by atoms with Crippen LogP contribution in [0.5, 0.6) is 0 Å². The van der Waals surface area contributed by atoms with Crippen LogP contribution < -0.4 is 0 Å². The van der Waals surface area contributed by atoms with E-state index in [-0.39, 0.29) is 31.2 Å². The summed E-state index contributed by atoms with van der Waals surface area (Å²) in [5, 5.41) is 0. The maximum atomic E-state index is 12.3. The summed E-state index contributed by atoms with van der Waals surface area (Å²) < 4.78 is 36.7. The molecule has 0 amide bonds. The highest BCUT2D eigenvalue weighted by atomic mass is 35.5. The maximum absolute atomic E-state index is 12.3. The van der Waals surface area contributed by atoms with E-state index in [1.54, 1.807) is 0 Å². The Kier molecular flexibility index (Phi) is 22.3. The van der Waals surface area contributed by atoms with E-state index in [9.17, 15) is 13.2 Å². The minimum Gasteiger partial charge on any atom is -0.269 e. The summed E-state index contributed by atoms with van der Waals surface area (Å²) in [6, 6.07) is 1.53. The van der Waals surface area contributed by atoms with Gasteiger partial charge in [0.05, 0.1) is 4.90 Å². The first-order chi connectivity index (χ1) is 4.63. The molecule has 0 heterocycles. The number of halogens is 8. The highest BCUT2D eigenvalue weighted by Crippen LogP contribution is 2.18. The van der Waals surface area contributed by atoms with Gasteiger partial charge in [0.15, 0.2) is 11.6 Å². The van der Waals surface area contributed by atoms with E-state index < -0.39 is 22.3 Å². The molecule has 0 aliphatic carbocycles. The molecule has 0 aromatic heterocycles. The van der Waals surface area contributed by atoms with Crippen LogP contribution in [0.4, 0.5) is 32.0 Å². The van der Waals surface area contributed by atoms with E-state index in [1.165, 1.54) is 0 Å². The monoisotopic (exact) mass is 280 g/mol. The third-order valence-electron chi connectivity index (χ3n) is 1.02. The Morgan fingerprint density at radius 3 is 1.47 bits per heavy atom. The molecule has 0 nitrogen and oxygen atoms in total. The number of hydrogen-bond donors (Lipinski definition) is 1. The molecule has 0 aliphatic heterocycles. The van der Waals surface area contributed by atoms with E-state index in [4.69, 9.17) is 0 Å². The molecular formula is C6H8ClF7S. The van der Waals surface area contributed by atoms with Crippen molar-refractivity contribution in [2.45, 2.75) is 4.90 Å². The Labute approximate surface area is 92.2 Å². The number of hydrogen-bond acceptors (Lipinski definition) is 1. The van der Waals surface area contributed by atoms with Crippen LogP contribution in [0.15, 0.2) is 17.0 Å². The lowest BCUT2D eigenvalue weighted by Crippen LogP contribution is -1.88. The maximum Gasteiger partial charge on any atom is 0.175 e. The van der Waals surface area contributed by atoms with Crippen molar-refractivity contribution in [2.75, 3.05) is 0 Å². The molecule has 0 spiro atoms. The summed E-state index contributed by atoms with van der Waals surface area (Å²) in [4.78, 5) is -0.583. The van der Waals surface area contributed by atoms with Gasteiger partial charge in [-0.05, 0) is 12.1 Å². The van der Waals surface area contributed by atoms with Crippen LogP contribution in [0.25, 0.3) is 0 Å². The van der Waals surface area contributed by atoms with Gasteiger partial charge in [-0.25, -0.2) is 13.2 Å². The van der Waals surface area contributed by atoms with Crippen LogP contribution in [-0.2, 0) is 0 Å². The van der Waals surface area contributed by atoms with Gasteiger partial charge in [-0.2, -0.15) is 0 Å². The van der Waals surface area contributed by atoms with Crippen LogP contribution >= 0.6 is 25.0 Å². The molecular weight excluding hydrogens is 273 g/mol. The summed E-state index contributed by atoms with van der Waals surface area (Å²) in [5.74, 6) is -3.20. The van der Waals surface area contributed by atoms with Crippen molar-refractivity contribution in [3.8, 4) is 0 Å². The Hall–Kier alpha value is -0.630. The largest absolute Gasteiger partial charge is 0.269 e. The number of thiol groups is 1. The van der Waals surface area contributed by atoms with Gasteiger partial charge < -0.3 is 0 Å². The van der Waals surface area contributed by atoms with Crippen LogP contribution in [0.1, 0.15) is 0 Å². The Morgan fingerprint density at radius 1 is 0.800 bits per heavy atom. The van der Waals surface area contributed by atoms with Gasteiger partial charge in [0, 0.05) is 0 Å². The Balaban J connectivity index is -0.0000000667. The summed E-state index contributed by atoms with van der Waals surface area (Å²) in [6.07, 6.45) is 0. The van der Waals surface area contributed by atoms with Gasteiger partial charge in [-0.1, -0.05) is 0 Å². The summed E-state index contributed by atoms with van der Waals surface area (Å²) in [5.41, 5.74) is 0. The van der Waals surface area contributed by atoms with E-state index in [0.717, 1.165) is 6.07 Å². The third kappa shape index (κ3) is 6.45. The predicted molar refractivity (Wildman–Crippen MR) is 50.8 cm³/mol. The van der Waals surface area contributed by atoms with Gasteiger partial charge in [0.25, 0.3) is 0 Å². The van der Waals surface area contributed by atoms with Crippen LogP contribution in [0.2, 0.25) is 0 Å². The van der Waals surface area contributed by atoms with Gasteiger partial charge in [-0.15, -0.1) is 25.0 Å². The lowest BCUT2D eigenvalue weighted by Gasteiger charge is -1.96. The molecule has 0 atom stereocenters. The minimum atomic E-state index is -1.25. The molecule has 1 aromatic rings. The molecule has 0 unspecified atom stereocenters. The quantitative estimate of drug-likeness (QED) is 0.420. The van der Waals surface area contributed by atoms with Gasteiger partial charge in [-0.3, -0.25) is 18.8 Å². The summed E-state index contributed by atoms with van der Waals surface area (Å²) in [6.45, 7) is 0. The Bertz CT molecular complexity index is 243. The van der Waals surface area contributed by atoms with Crippen molar-refractivity contribution < 1.29 is 32.0 Å². The van der Waals surface area contributed by atoms with Gasteiger partial charge in [0.1, 0.15) is 5.82 Å². The third-order valence-corrected chi connectivity index (χ3v) is 1.43. The van der Waals surface area contributed by atoms with E-state index in [2.05, 4.69) is 12.6 Å². The minimum absolute atomic E-state index is 0. The van der Waals surface area contributed by atoms with Crippen molar-refractivity contribution in [2.24, 2.45) is 0 Å². The topological polar surface area (TPSA) is 0 Å². The predicted octanol–water partition coefficient (Wildman–Crippen LogP) is 3.42. The molecule has 9 heteroatoms. The standard InChI is InChI=1S/C6H3F3S.ClH.4FH/c7-3-1-2-4(8)6(10)5(3)9;;;;;/h1-2,10H;5*1H. The lowest BCUT2D eigenvalue weighted by atomic mass is 10.3. The van der Waals surface area contributed by atoms with E-state index >= 15 is 0 Å². The van der Waals surface area contributed by atoms with Crippen molar-refractivity contribution in [1.29, 1.82) is 0 Å². The zero-order valence-electron chi connectivity index (χ0n) is 6.78. The van der Waals surface area contributed by atoms with Crippen LogP contribution in [0.3, 0.4) is 0 Å². The summed E-state index contributed by atoms with van der Waals surface area (Å²) >= 11 is 3.39. The number of benzene rings is 1. The van der Waals surface area contributed by atoms with Crippen molar-refractivity contribution in [3.05, 3.63) is 29.6 Å². The second-order valence-electron chi connectivity index (χ2n) is 1.69. The lowest BCUT2D eigenvalue weighted by molar-refractivity contribution is 0.468. The first-order valence-corrected chi connectivity index (χ1v) is 2.90. The van der Waals surface area contributed by atoms with Crippen molar-refractivity contribution in [3.63, 3.8) is 0 Å². The fourth-order valence-electron chi connectivity index (χ4n) is 0.516. The van der Waals surface area contributed by atoms with Crippen molar-refractivity contribution in [1.82, 2.24) is 0 Å².